The maximum Gasteiger partial charge on any atom is 0.410 e. The highest BCUT2D eigenvalue weighted by molar-refractivity contribution is 14.0. The zero-order valence-electron chi connectivity index (χ0n) is 16.4. The molecule has 1 atom stereocenters. The molecule has 0 aromatic heterocycles. The van der Waals surface area contributed by atoms with E-state index in [2.05, 4.69) is 22.5 Å². The Balaban J connectivity index is 0.00000576. The van der Waals surface area contributed by atoms with E-state index in [1.807, 2.05) is 20.8 Å². The summed E-state index contributed by atoms with van der Waals surface area (Å²) in [4.78, 5) is 18.1. The molecule has 0 spiro atoms. The van der Waals surface area contributed by atoms with Crippen molar-refractivity contribution >= 4 is 36.0 Å². The number of piperidine rings is 1. The van der Waals surface area contributed by atoms with Gasteiger partial charge in [0.1, 0.15) is 5.60 Å². The molecule has 0 aromatic rings. The Labute approximate surface area is 169 Å². The number of hydrogen-bond acceptors (Lipinski definition) is 4. The van der Waals surface area contributed by atoms with Crippen molar-refractivity contribution in [2.75, 3.05) is 40.4 Å². The lowest BCUT2D eigenvalue weighted by atomic mass is 9.97. The van der Waals surface area contributed by atoms with E-state index in [0.717, 1.165) is 38.4 Å². The van der Waals surface area contributed by atoms with Crippen LogP contribution in [0.5, 0.6) is 0 Å². The standard InChI is InChI=1S/C17H34N4O3.HI/c1-13(12-23-6)20-15(18-5)19-11-14-7-9-21(10-8-14)16(22)24-17(2,3)4;/h13-14H,7-12H2,1-6H3,(H2,18,19,20);1H. The number of aliphatic imine (C=N–C) groups is 1. The van der Waals surface area contributed by atoms with Crippen LogP contribution in [-0.4, -0.2) is 69.0 Å². The van der Waals surface area contributed by atoms with Crippen LogP contribution in [-0.2, 0) is 9.47 Å². The molecule has 1 heterocycles. The third-order valence-electron chi connectivity index (χ3n) is 3.85. The summed E-state index contributed by atoms with van der Waals surface area (Å²) in [6, 6.07) is 0.204. The van der Waals surface area contributed by atoms with Crippen molar-refractivity contribution in [3.8, 4) is 0 Å². The SMILES string of the molecule is CN=C(NCC1CCN(C(=O)OC(C)(C)C)CC1)NC(C)COC.I. The van der Waals surface area contributed by atoms with Crippen LogP contribution in [0.4, 0.5) is 4.79 Å². The summed E-state index contributed by atoms with van der Waals surface area (Å²) < 4.78 is 10.5. The minimum Gasteiger partial charge on any atom is -0.444 e. The van der Waals surface area contributed by atoms with E-state index in [-0.39, 0.29) is 36.1 Å². The predicted molar refractivity (Wildman–Crippen MR) is 112 cm³/mol. The fourth-order valence-electron chi connectivity index (χ4n) is 2.61. The van der Waals surface area contributed by atoms with E-state index in [9.17, 15) is 4.79 Å². The summed E-state index contributed by atoms with van der Waals surface area (Å²) in [6.45, 7) is 10.7. The number of nitrogens with zero attached hydrogens (tertiary/aromatic N) is 2. The molecule has 2 N–H and O–H groups in total. The first-order valence-electron chi connectivity index (χ1n) is 8.69. The number of hydrogen-bond donors (Lipinski definition) is 2. The number of ether oxygens (including phenoxy) is 2. The zero-order chi connectivity index (χ0) is 18.2. The second kappa shape index (κ2) is 11.8. The molecule has 148 valence electrons. The normalized spacial score (nSPS) is 17.5. The van der Waals surface area contributed by atoms with Crippen molar-refractivity contribution < 1.29 is 14.3 Å². The lowest BCUT2D eigenvalue weighted by Gasteiger charge is -2.33. The van der Waals surface area contributed by atoms with Gasteiger partial charge in [-0.3, -0.25) is 4.99 Å². The maximum atomic E-state index is 12.1. The summed E-state index contributed by atoms with van der Waals surface area (Å²) in [5.74, 6) is 1.31. The average molecular weight is 470 g/mol. The van der Waals surface area contributed by atoms with Gasteiger partial charge in [0.2, 0.25) is 0 Å². The molecule has 0 radical (unpaired) electrons. The fraction of sp³-hybridized carbons (Fsp3) is 0.882. The Kier molecular flexibility index (Phi) is 11.4. The average Bonchev–Trinajstić information content (AvgIpc) is 2.50. The molecule has 1 aliphatic rings. The number of carbonyl (C=O) groups is 1. The molecular weight excluding hydrogens is 435 g/mol. The molecule has 1 unspecified atom stereocenters. The summed E-state index contributed by atoms with van der Waals surface area (Å²) in [7, 11) is 3.45. The lowest BCUT2D eigenvalue weighted by Crippen LogP contribution is -2.47. The van der Waals surface area contributed by atoms with E-state index in [1.54, 1.807) is 19.1 Å². The van der Waals surface area contributed by atoms with E-state index in [0.29, 0.717) is 12.5 Å². The van der Waals surface area contributed by atoms with Gasteiger partial charge in [-0.2, -0.15) is 0 Å². The Morgan fingerprint density at radius 1 is 1.32 bits per heavy atom. The van der Waals surface area contributed by atoms with Gasteiger partial charge in [0, 0.05) is 39.8 Å². The van der Waals surface area contributed by atoms with E-state index in [4.69, 9.17) is 9.47 Å². The van der Waals surface area contributed by atoms with E-state index in [1.165, 1.54) is 0 Å². The third-order valence-corrected chi connectivity index (χ3v) is 3.85. The minimum absolute atomic E-state index is 0. The smallest absolute Gasteiger partial charge is 0.410 e. The largest absolute Gasteiger partial charge is 0.444 e. The van der Waals surface area contributed by atoms with Gasteiger partial charge in [-0.05, 0) is 46.5 Å². The maximum absolute atomic E-state index is 12.1. The molecule has 8 heteroatoms. The second-order valence-corrected chi connectivity index (χ2v) is 7.36. The van der Waals surface area contributed by atoms with Crippen LogP contribution in [0.25, 0.3) is 0 Å². The molecule has 7 nitrogen and oxygen atoms in total. The number of likely N-dealkylation sites (tertiary alicyclic amines) is 1. The van der Waals surface area contributed by atoms with E-state index < -0.39 is 5.60 Å². The molecule has 0 saturated carbocycles. The van der Waals surface area contributed by atoms with Crippen LogP contribution in [0, 0.1) is 5.92 Å². The number of methoxy groups -OCH3 is 1. The Bertz CT molecular complexity index is 419. The highest BCUT2D eigenvalue weighted by Gasteiger charge is 2.26. The topological polar surface area (TPSA) is 75.2 Å². The first-order valence-corrected chi connectivity index (χ1v) is 8.69. The molecule has 1 aliphatic heterocycles. The highest BCUT2D eigenvalue weighted by atomic mass is 127. The van der Waals surface area contributed by atoms with Crippen molar-refractivity contribution in [3.63, 3.8) is 0 Å². The number of nitrogens with one attached hydrogen (secondary N) is 2. The van der Waals surface area contributed by atoms with Gasteiger partial charge in [0.15, 0.2) is 5.96 Å². The number of amides is 1. The molecule has 1 fully saturated rings. The van der Waals surface area contributed by atoms with Gasteiger partial charge in [-0.25, -0.2) is 4.79 Å². The minimum atomic E-state index is -0.438. The quantitative estimate of drug-likeness (QED) is 0.367. The number of guanidine groups is 1. The van der Waals surface area contributed by atoms with Crippen LogP contribution in [0.3, 0.4) is 0 Å². The molecular formula is C17H35IN4O3. The Morgan fingerprint density at radius 3 is 2.40 bits per heavy atom. The second-order valence-electron chi connectivity index (χ2n) is 7.36. The summed E-state index contributed by atoms with van der Waals surface area (Å²) in [5, 5.41) is 6.65. The molecule has 0 aliphatic carbocycles. The predicted octanol–water partition coefficient (Wildman–Crippen LogP) is 2.45. The van der Waals surface area contributed by atoms with Crippen molar-refractivity contribution in [2.45, 2.75) is 52.2 Å². The van der Waals surface area contributed by atoms with Crippen molar-refractivity contribution in [1.29, 1.82) is 0 Å². The van der Waals surface area contributed by atoms with Crippen LogP contribution < -0.4 is 10.6 Å². The molecule has 1 saturated heterocycles. The first-order chi connectivity index (χ1) is 11.2. The van der Waals surface area contributed by atoms with Gasteiger partial charge < -0.3 is 25.0 Å². The number of rotatable bonds is 5. The fourth-order valence-corrected chi connectivity index (χ4v) is 2.61. The molecule has 0 bridgehead atoms. The Hall–Kier alpha value is -0.770. The zero-order valence-corrected chi connectivity index (χ0v) is 18.8. The Morgan fingerprint density at radius 2 is 1.92 bits per heavy atom. The van der Waals surface area contributed by atoms with Crippen LogP contribution in [0.1, 0.15) is 40.5 Å². The summed E-state index contributed by atoms with van der Waals surface area (Å²) in [5.41, 5.74) is -0.438. The lowest BCUT2D eigenvalue weighted by molar-refractivity contribution is 0.0185. The van der Waals surface area contributed by atoms with Crippen LogP contribution >= 0.6 is 24.0 Å². The van der Waals surface area contributed by atoms with Crippen LogP contribution in [0.15, 0.2) is 4.99 Å². The molecule has 25 heavy (non-hydrogen) atoms. The van der Waals surface area contributed by atoms with Crippen molar-refractivity contribution in [2.24, 2.45) is 10.9 Å². The van der Waals surface area contributed by atoms with Gasteiger partial charge >= 0.3 is 6.09 Å². The van der Waals surface area contributed by atoms with Gasteiger partial charge in [0.25, 0.3) is 0 Å². The van der Waals surface area contributed by atoms with Gasteiger partial charge in [-0.15, -0.1) is 24.0 Å². The van der Waals surface area contributed by atoms with Crippen LogP contribution in [0.2, 0.25) is 0 Å². The number of halogens is 1. The summed E-state index contributed by atoms with van der Waals surface area (Å²) >= 11 is 0. The van der Waals surface area contributed by atoms with Crippen molar-refractivity contribution in [1.82, 2.24) is 15.5 Å². The third kappa shape index (κ3) is 10.1. The number of carbonyl (C=O) groups excluding carboxylic acids is 1. The first kappa shape index (κ1) is 24.2. The monoisotopic (exact) mass is 470 g/mol. The van der Waals surface area contributed by atoms with Gasteiger partial charge in [-0.1, -0.05) is 0 Å². The molecule has 0 aromatic carbocycles. The van der Waals surface area contributed by atoms with E-state index >= 15 is 0 Å². The van der Waals surface area contributed by atoms with Crippen molar-refractivity contribution in [3.05, 3.63) is 0 Å². The molecule has 1 rings (SSSR count). The highest BCUT2D eigenvalue weighted by Crippen LogP contribution is 2.19. The molecule has 1 amide bonds. The summed E-state index contributed by atoms with van der Waals surface area (Å²) in [6.07, 6.45) is 1.73. The van der Waals surface area contributed by atoms with Gasteiger partial charge in [0.05, 0.1) is 6.61 Å².